The summed E-state index contributed by atoms with van der Waals surface area (Å²) in [6.07, 6.45) is -4.03. The summed E-state index contributed by atoms with van der Waals surface area (Å²) < 4.78 is 44.1. The quantitative estimate of drug-likeness (QED) is 0.526. The lowest BCUT2D eigenvalue weighted by molar-refractivity contribution is -0.384. The number of non-ortho nitro benzene ring substituents is 1. The molecule has 1 N–H and O–H groups in total. The summed E-state index contributed by atoms with van der Waals surface area (Å²) in [6, 6.07) is 4.44. The lowest BCUT2D eigenvalue weighted by Gasteiger charge is -2.10. The zero-order chi connectivity index (χ0) is 17.2. The Hall–Kier alpha value is -2.84. The maximum atomic E-state index is 13.1. The Labute approximate surface area is 128 Å². The van der Waals surface area contributed by atoms with Crippen molar-refractivity contribution in [3.05, 3.63) is 51.8 Å². The van der Waals surface area contributed by atoms with Crippen molar-refractivity contribution in [3.8, 4) is 11.1 Å². The summed E-state index contributed by atoms with van der Waals surface area (Å²) in [5.41, 5.74) is -2.05. The van der Waals surface area contributed by atoms with Gasteiger partial charge in [-0.2, -0.15) is 13.2 Å². The summed E-state index contributed by atoms with van der Waals surface area (Å²) in [6.45, 7) is 1.52. The summed E-state index contributed by atoms with van der Waals surface area (Å²) >= 11 is 0. The van der Waals surface area contributed by atoms with Crippen molar-refractivity contribution in [1.82, 2.24) is 4.98 Å². The van der Waals surface area contributed by atoms with Crippen LogP contribution in [0, 0.1) is 10.1 Å². The number of aromatic nitrogens is 1. The molecule has 2 aromatic rings. The van der Waals surface area contributed by atoms with Crippen LogP contribution in [0.2, 0.25) is 0 Å². The number of esters is 1. The number of halogens is 3. The number of nitro benzene ring substituents is 1. The number of nitro groups is 1. The number of carbonyl (C=O) groups is 1. The number of hydrogen-bond acceptors (Lipinski definition) is 4. The van der Waals surface area contributed by atoms with E-state index in [1.54, 1.807) is 0 Å². The molecule has 2 rings (SSSR count). The molecular weight excluding hydrogens is 317 g/mol. The standard InChI is InChI=1S/C14H11F3N2O4/c1-2-23-13(20)12-11(10(7-18-12)14(15,16)17)8-3-5-9(6-4-8)19(21)22/h3-7,18H,2H2,1H3. The maximum absolute atomic E-state index is 13.1. The molecule has 6 nitrogen and oxygen atoms in total. The number of carbonyl (C=O) groups excluding carboxylic acids is 1. The Kier molecular flexibility index (Phi) is 4.39. The molecule has 0 amide bonds. The highest BCUT2D eigenvalue weighted by molar-refractivity contribution is 5.97. The van der Waals surface area contributed by atoms with E-state index >= 15 is 0 Å². The van der Waals surface area contributed by atoms with E-state index in [0.29, 0.717) is 6.20 Å². The smallest absolute Gasteiger partial charge is 0.418 e. The second-order valence-corrected chi connectivity index (χ2v) is 4.47. The predicted molar refractivity (Wildman–Crippen MR) is 73.8 cm³/mol. The van der Waals surface area contributed by atoms with Gasteiger partial charge in [-0.15, -0.1) is 0 Å². The third-order valence-electron chi connectivity index (χ3n) is 3.03. The van der Waals surface area contributed by atoms with Gasteiger partial charge in [-0.25, -0.2) is 4.79 Å². The van der Waals surface area contributed by atoms with Gasteiger partial charge < -0.3 is 9.72 Å². The highest BCUT2D eigenvalue weighted by Crippen LogP contribution is 2.39. The molecule has 0 bridgehead atoms. The molecule has 0 fully saturated rings. The fraction of sp³-hybridized carbons (Fsp3) is 0.214. The second-order valence-electron chi connectivity index (χ2n) is 4.47. The van der Waals surface area contributed by atoms with Gasteiger partial charge in [0.25, 0.3) is 5.69 Å². The van der Waals surface area contributed by atoms with E-state index in [-0.39, 0.29) is 23.6 Å². The third-order valence-corrected chi connectivity index (χ3v) is 3.03. The van der Waals surface area contributed by atoms with Crippen LogP contribution in [0.25, 0.3) is 11.1 Å². The van der Waals surface area contributed by atoms with Gasteiger partial charge in [0.2, 0.25) is 0 Å². The lowest BCUT2D eigenvalue weighted by atomic mass is 10.0. The number of aromatic amines is 1. The van der Waals surface area contributed by atoms with Crippen LogP contribution in [0.5, 0.6) is 0 Å². The first-order valence-corrected chi connectivity index (χ1v) is 6.46. The second kappa shape index (κ2) is 6.11. The average molecular weight is 328 g/mol. The molecule has 0 saturated carbocycles. The summed E-state index contributed by atoms with van der Waals surface area (Å²) in [7, 11) is 0. The number of rotatable bonds is 4. The monoisotopic (exact) mass is 328 g/mol. The lowest BCUT2D eigenvalue weighted by Crippen LogP contribution is -2.09. The van der Waals surface area contributed by atoms with Crippen molar-refractivity contribution in [3.63, 3.8) is 0 Å². The van der Waals surface area contributed by atoms with Crippen LogP contribution in [0.3, 0.4) is 0 Å². The van der Waals surface area contributed by atoms with Crippen molar-refractivity contribution in [2.24, 2.45) is 0 Å². The third kappa shape index (κ3) is 3.33. The topological polar surface area (TPSA) is 85.2 Å². The van der Waals surface area contributed by atoms with E-state index in [2.05, 4.69) is 4.98 Å². The zero-order valence-corrected chi connectivity index (χ0v) is 11.8. The molecule has 0 unspecified atom stereocenters. The fourth-order valence-corrected chi connectivity index (χ4v) is 2.06. The molecule has 9 heteroatoms. The molecule has 0 aliphatic heterocycles. The number of H-pyrrole nitrogens is 1. The maximum Gasteiger partial charge on any atom is 0.418 e. The first-order valence-electron chi connectivity index (χ1n) is 6.46. The Balaban J connectivity index is 2.59. The van der Waals surface area contributed by atoms with E-state index in [1.165, 1.54) is 6.92 Å². The van der Waals surface area contributed by atoms with Crippen LogP contribution >= 0.6 is 0 Å². The van der Waals surface area contributed by atoms with Gasteiger partial charge >= 0.3 is 12.1 Å². The van der Waals surface area contributed by atoms with Crippen molar-refractivity contribution >= 4 is 11.7 Å². The van der Waals surface area contributed by atoms with Gasteiger partial charge in [-0.1, -0.05) is 0 Å². The minimum absolute atomic E-state index is 0.00109. The molecule has 0 aliphatic carbocycles. The van der Waals surface area contributed by atoms with E-state index in [0.717, 1.165) is 24.3 Å². The van der Waals surface area contributed by atoms with E-state index in [1.807, 2.05) is 0 Å². The van der Waals surface area contributed by atoms with Crippen molar-refractivity contribution in [2.45, 2.75) is 13.1 Å². The molecule has 0 aliphatic rings. The van der Waals surface area contributed by atoms with Crippen LogP contribution in [0.15, 0.2) is 30.5 Å². The molecule has 1 aromatic carbocycles. The number of hydrogen-bond donors (Lipinski definition) is 1. The SMILES string of the molecule is CCOC(=O)c1[nH]cc(C(F)(F)F)c1-c1ccc([N+](=O)[O-])cc1. The van der Waals surface area contributed by atoms with Crippen LogP contribution in [0.4, 0.5) is 18.9 Å². The predicted octanol–water partition coefficient (Wildman–Crippen LogP) is 3.79. The number of alkyl halides is 3. The van der Waals surface area contributed by atoms with E-state index in [4.69, 9.17) is 4.74 Å². The highest BCUT2D eigenvalue weighted by Gasteiger charge is 2.37. The Morgan fingerprint density at radius 1 is 1.30 bits per heavy atom. The molecular formula is C14H11F3N2O4. The minimum atomic E-state index is -4.70. The van der Waals surface area contributed by atoms with Crippen LogP contribution in [-0.2, 0) is 10.9 Å². The molecule has 23 heavy (non-hydrogen) atoms. The van der Waals surface area contributed by atoms with E-state index < -0.39 is 28.2 Å². The first-order chi connectivity index (χ1) is 10.8. The summed E-state index contributed by atoms with van der Waals surface area (Å²) in [4.78, 5) is 24.1. The molecule has 1 heterocycles. The summed E-state index contributed by atoms with van der Waals surface area (Å²) in [5.74, 6) is -0.934. The zero-order valence-electron chi connectivity index (χ0n) is 11.8. The van der Waals surface area contributed by atoms with Gasteiger partial charge in [0, 0.05) is 23.9 Å². The number of nitrogens with zero attached hydrogens (tertiary/aromatic N) is 1. The Morgan fingerprint density at radius 3 is 2.39 bits per heavy atom. The van der Waals surface area contributed by atoms with Crippen molar-refractivity contribution in [2.75, 3.05) is 6.61 Å². The molecule has 0 radical (unpaired) electrons. The number of nitrogens with one attached hydrogen (secondary N) is 1. The van der Waals surface area contributed by atoms with E-state index in [9.17, 15) is 28.1 Å². The minimum Gasteiger partial charge on any atom is -0.461 e. The number of ether oxygens (including phenoxy) is 1. The normalized spacial score (nSPS) is 11.3. The molecule has 1 aromatic heterocycles. The Bertz CT molecular complexity index is 735. The van der Waals surface area contributed by atoms with Crippen LogP contribution in [-0.4, -0.2) is 22.5 Å². The number of benzene rings is 1. The molecule has 0 saturated heterocycles. The highest BCUT2D eigenvalue weighted by atomic mass is 19.4. The molecule has 0 atom stereocenters. The molecule has 122 valence electrons. The van der Waals surface area contributed by atoms with Gasteiger partial charge in [0.05, 0.1) is 17.1 Å². The van der Waals surface area contributed by atoms with Crippen LogP contribution in [0.1, 0.15) is 23.0 Å². The molecule has 0 spiro atoms. The largest absolute Gasteiger partial charge is 0.461 e. The first kappa shape index (κ1) is 16.5. The van der Waals surface area contributed by atoms with Gasteiger partial charge in [0.1, 0.15) is 5.69 Å². The van der Waals surface area contributed by atoms with Gasteiger partial charge in [-0.3, -0.25) is 10.1 Å². The van der Waals surface area contributed by atoms with Crippen molar-refractivity contribution in [1.29, 1.82) is 0 Å². The van der Waals surface area contributed by atoms with Crippen molar-refractivity contribution < 1.29 is 27.6 Å². The average Bonchev–Trinajstić information content (AvgIpc) is 2.92. The summed E-state index contributed by atoms with van der Waals surface area (Å²) in [5, 5.41) is 10.6. The fourth-order valence-electron chi connectivity index (χ4n) is 2.06. The van der Waals surface area contributed by atoms with Crippen LogP contribution < -0.4 is 0 Å². The Morgan fingerprint density at radius 2 is 1.91 bits per heavy atom. The van der Waals surface area contributed by atoms with Gasteiger partial charge in [-0.05, 0) is 24.6 Å². The van der Waals surface area contributed by atoms with Gasteiger partial charge in [0.15, 0.2) is 0 Å².